The van der Waals surface area contributed by atoms with Gasteiger partial charge in [0.2, 0.25) is 6.41 Å². The molecule has 0 aliphatic rings. The van der Waals surface area contributed by atoms with Crippen molar-refractivity contribution in [3.8, 4) is 0 Å². The third-order valence-electron chi connectivity index (χ3n) is 1.20. The highest BCUT2D eigenvalue weighted by Crippen LogP contribution is 2.35. The summed E-state index contributed by atoms with van der Waals surface area (Å²) in [5.41, 5.74) is 0. The minimum absolute atomic E-state index is 0.241. The normalized spacial score (nSPS) is 13.4. The number of hydrogen-bond acceptors (Lipinski definition) is 3. The van der Waals surface area contributed by atoms with Gasteiger partial charge in [-0.1, -0.05) is 6.08 Å². The zero-order valence-corrected chi connectivity index (χ0v) is 7.81. The molecule has 0 aromatic carbocycles. The summed E-state index contributed by atoms with van der Waals surface area (Å²) in [6, 6.07) is -0.456. The molecule has 76 valence electrons. The minimum atomic E-state index is -4.46. The van der Waals surface area contributed by atoms with Gasteiger partial charge in [-0.15, -0.1) is 6.58 Å². The molecule has 3 N–H and O–H groups in total. The number of phosphoric ester groups is 1. The Bertz CT molecular complexity index is 203. The van der Waals surface area contributed by atoms with Gasteiger partial charge in [0.05, 0.1) is 12.6 Å². The molecular formula is C6H12NO5P. The van der Waals surface area contributed by atoms with Crippen molar-refractivity contribution < 1.29 is 23.7 Å². The van der Waals surface area contributed by atoms with E-state index in [-0.39, 0.29) is 6.61 Å². The molecule has 0 saturated heterocycles. The van der Waals surface area contributed by atoms with E-state index >= 15 is 0 Å². The van der Waals surface area contributed by atoms with Crippen LogP contribution in [0.4, 0.5) is 0 Å². The summed E-state index contributed by atoms with van der Waals surface area (Å²) in [5, 5.41) is 2.34. The summed E-state index contributed by atoms with van der Waals surface area (Å²) in [6.45, 7) is 3.18. The number of carbonyl (C=O) groups is 1. The van der Waals surface area contributed by atoms with Crippen LogP contribution in [0.3, 0.4) is 0 Å². The number of nitrogens with one attached hydrogen (secondary N) is 1. The first-order valence-corrected chi connectivity index (χ1v) is 5.03. The predicted octanol–water partition coefficient (Wildman–Crippen LogP) is -0.214. The fraction of sp³-hybridized carbons (Fsp3) is 0.500. The lowest BCUT2D eigenvalue weighted by Crippen LogP contribution is -2.31. The van der Waals surface area contributed by atoms with Crippen molar-refractivity contribution >= 4 is 14.2 Å². The summed E-state index contributed by atoms with van der Waals surface area (Å²) in [7, 11) is -4.46. The lowest BCUT2D eigenvalue weighted by molar-refractivity contribution is -0.110. The van der Waals surface area contributed by atoms with Crippen LogP contribution in [-0.4, -0.2) is 28.8 Å². The SMILES string of the molecule is C=CCC(COP(=O)(O)O)NC=O. The van der Waals surface area contributed by atoms with Crippen LogP contribution in [0.25, 0.3) is 0 Å². The number of rotatable bonds is 7. The molecule has 0 spiro atoms. The highest BCUT2D eigenvalue weighted by Gasteiger charge is 2.16. The summed E-state index contributed by atoms with van der Waals surface area (Å²) >= 11 is 0. The molecule has 0 bridgehead atoms. The van der Waals surface area contributed by atoms with Crippen LogP contribution in [0.5, 0.6) is 0 Å². The molecule has 1 atom stereocenters. The van der Waals surface area contributed by atoms with E-state index in [1.807, 2.05) is 0 Å². The van der Waals surface area contributed by atoms with Crippen molar-refractivity contribution in [1.29, 1.82) is 0 Å². The van der Waals surface area contributed by atoms with Gasteiger partial charge in [0.1, 0.15) is 0 Å². The molecule has 0 fully saturated rings. The maximum Gasteiger partial charge on any atom is 0.469 e. The van der Waals surface area contributed by atoms with Crippen LogP contribution >= 0.6 is 7.82 Å². The fourth-order valence-corrected chi connectivity index (χ4v) is 1.04. The van der Waals surface area contributed by atoms with Gasteiger partial charge in [-0.05, 0) is 6.42 Å². The van der Waals surface area contributed by atoms with E-state index in [0.717, 1.165) is 0 Å². The first-order valence-electron chi connectivity index (χ1n) is 3.50. The average molecular weight is 209 g/mol. The Hall–Kier alpha value is -0.680. The van der Waals surface area contributed by atoms with Gasteiger partial charge < -0.3 is 15.1 Å². The molecule has 0 heterocycles. The first-order chi connectivity index (χ1) is 5.99. The van der Waals surface area contributed by atoms with Crippen molar-refractivity contribution in [2.24, 2.45) is 0 Å². The van der Waals surface area contributed by atoms with Crippen molar-refractivity contribution in [3.05, 3.63) is 12.7 Å². The Balaban J connectivity index is 3.87. The lowest BCUT2D eigenvalue weighted by atomic mass is 10.2. The lowest BCUT2D eigenvalue weighted by Gasteiger charge is -2.14. The topological polar surface area (TPSA) is 95.9 Å². The van der Waals surface area contributed by atoms with E-state index in [1.54, 1.807) is 0 Å². The number of carbonyl (C=O) groups excluding carboxylic acids is 1. The highest BCUT2D eigenvalue weighted by molar-refractivity contribution is 7.46. The molecule has 7 heteroatoms. The Morgan fingerprint density at radius 1 is 1.62 bits per heavy atom. The quantitative estimate of drug-likeness (QED) is 0.306. The van der Waals surface area contributed by atoms with E-state index in [2.05, 4.69) is 16.4 Å². The maximum atomic E-state index is 10.3. The van der Waals surface area contributed by atoms with Crippen LogP contribution in [-0.2, 0) is 13.9 Å². The zero-order valence-electron chi connectivity index (χ0n) is 6.92. The Morgan fingerprint density at radius 2 is 2.23 bits per heavy atom. The van der Waals surface area contributed by atoms with Gasteiger partial charge in [0.25, 0.3) is 0 Å². The van der Waals surface area contributed by atoms with Gasteiger partial charge in [0, 0.05) is 0 Å². The zero-order chi connectivity index (χ0) is 10.3. The second-order valence-corrected chi connectivity index (χ2v) is 3.53. The molecule has 0 saturated carbocycles. The van der Waals surface area contributed by atoms with Crippen LogP contribution in [0.2, 0.25) is 0 Å². The van der Waals surface area contributed by atoms with Crippen LogP contribution in [0.15, 0.2) is 12.7 Å². The van der Waals surface area contributed by atoms with Crippen LogP contribution < -0.4 is 5.32 Å². The molecule has 0 aromatic rings. The average Bonchev–Trinajstić information content (AvgIpc) is 2.00. The molecule has 0 radical (unpaired) electrons. The van der Waals surface area contributed by atoms with E-state index in [4.69, 9.17) is 9.79 Å². The van der Waals surface area contributed by atoms with Crippen LogP contribution in [0.1, 0.15) is 6.42 Å². The Kier molecular flexibility index (Phi) is 5.57. The number of hydrogen-bond donors (Lipinski definition) is 3. The molecular weight excluding hydrogens is 197 g/mol. The first kappa shape index (κ1) is 12.3. The Morgan fingerprint density at radius 3 is 2.62 bits per heavy atom. The third-order valence-corrected chi connectivity index (χ3v) is 1.68. The van der Waals surface area contributed by atoms with E-state index in [0.29, 0.717) is 12.8 Å². The second-order valence-electron chi connectivity index (χ2n) is 2.29. The van der Waals surface area contributed by atoms with Gasteiger partial charge in [0.15, 0.2) is 0 Å². The second kappa shape index (κ2) is 5.88. The van der Waals surface area contributed by atoms with Crippen LogP contribution in [0, 0.1) is 0 Å². The number of amides is 1. The summed E-state index contributed by atoms with van der Waals surface area (Å²) in [5.74, 6) is 0. The smallest absolute Gasteiger partial charge is 0.353 e. The Labute approximate surface area is 75.8 Å². The van der Waals surface area contributed by atoms with E-state index < -0.39 is 13.9 Å². The van der Waals surface area contributed by atoms with Gasteiger partial charge in [-0.2, -0.15) is 0 Å². The minimum Gasteiger partial charge on any atom is -0.353 e. The van der Waals surface area contributed by atoms with E-state index in [9.17, 15) is 9.36 Å². The van der Waals surface area contributed by atoms with Gasteiger partial charge in [-0.3, -0.25) is 9.32 Å². The molecule has 0 aliphatic heterocycles. The molecule has 0 rings (SSSR count). The molecule has 13 heavy (non-hydrogen) atoms. The van der Waals surface area contributed by atoms with Crippen molar-refractivity contribution in [1.82, 2.24) is 5.32 Å². The van der Waals surface area contributed by atoms with Crippen molar-refractivity contribution in [2.45, 2.75) is 12.5 Å². The van der Waals surface area contributed by atoms with Gasteiger partial charge in [-0.25, -0.2) is 4.57 Å². The molecule has 6 nitrogen and oxygen atoms in total. The largest absolute Gasteiger partial charge is 0.469 e. The predicted molar refractivity (Wildman–Crippen MR) is 45.8 cm³/mol. The molecule has 0 aliphatic carbocycles. The van der Waals surface area contributed by atoms with E-state index in [1.165, 1.54) is 6.08 Å². The number of phosphoric acid groups is 1. The highest BCUT2D eigenvalue weighted by atomic mass is 31.2. The molecule has 0 aromatic heterocycles. The molecule has 1 unspecified atom stereocenters. The summed E-state index contributed by atoms with van der Waals surface area (Å²) < 4.78 is 14.5. The van der Waals surface area contributed by atoms with Gasteiger partial charge >= 0.3 is 7.82 Å². The molecule has 1 amide bonds. The summed E-state index contributed by atoms with van der Waals surface area (Å²) in [6.07, 6.45) is 2.35. The fourth-order valence-electron chi connectivity index (χ4n) is 0.669. The maximum absolute atomic E-state index is 10.3. The van der Waals surface area contributed by atoms with Crippen molar-refractivity contribution in [2.75, 3.05) is 6.61 Å². The third kappa shape index (κ3) is 7.67. The standard InChI is InChI=1S/C6H12NO5P/c1-2-3-6(7-5-8)4-12-13(9,10)11/h2,5-6H,1,3-4H2,(H,7,8)(H2,9,10,11). The summed E-state index contributed by atoms with van der Waals surface area (Å²) in [4.78, 5) is 26.7. The monoisotopic (exact) mass is 209 g/mol. The van der Waals surface area contributed by atoms with Crippen molar-refractivity contribution in [3.63, 3.8) is 0 Å².